The van der Waals surface area contributed by atoms with Crippen molar-refractivity contribution in [1.29, 1.82) is 0 Å². The number of methoxy groups -OCH3 is 1. The molecule has 4 aromatic rings. The van der Waals surface area contributed by atoms with Crippen molar-refractivity contribution in [2.24, 2.45) is 18.9 Å². The molecule has 6 rings (SSSR count). The van der Waals surface area contributed by atoms with E-state index in [9.17, 15) is 4.79 Å². The Balaban J connectivity index is 1.24. The zero-order valence-electron chi connectivity index (χ0n) is 25.2. The van der Waals surface area contributed by atoms with Gasteiger partial charge in [-0.1, -0.05) is 12.6 Å². The third kappa shape index (κ3) is 6.19. The largest absolute Gasteiger partial charge is 0.494 e. The van der Waals surface area contributed by atoms with E-state index >= 15 is 0 Å². The Kier molecular flexibility index (Phi) is 8.29. The number of anilines is 4. The first-order valence-electron chi connectivity index (χ1n) is 15.0. The van der Waals surface area contributed by atoms with Crippen LogP contribution < -0.4 is 20.3 Å². The number of carbonyl (C=O) groups excluding carboxylic acids is 1. The van der Waals surface area contributed by atoms with Gasteiger partial charge in [0.1, 0.15) is 17.9 Å². The summed E-state index contributed by atoms with van der Waals surface area (Å²) < 4.78 is 7.70. The Labute approximate surface area is 252 Å². The normalized spacial score (nSPS) is 16.8. The molecule has 2 aliphatic rings. The summed E-state index contributed by atoms with van der Waals surface area (Å²) in [6.45, 7) is 7.94. The van der Waals surface area contributed by atoms with E-state index in [0.717, 1.165) is 65.6 Å². The molecule has 10 heteroatoms. The highest BCUT2D eigenvalue weighted by atomic mass is 16.5. The SMILES string of the molecule is C=CC(=O)Nc1cc(Nc2cc(-c3ccc4c(cnn4C)c3)ncn2)c(OC)cc1N1CCC(C2CCN(C)CC2)CC1. The molecule has 0 spiro atoms. The fraction of sp³-hybridized carbons (Fsp3) is 0.394. The number of likely N-dealkylation sites (tertiary alicyclic amines) is 1. The van der Waals surface area contributed by atoms with E-state index in [4.69, 9.17) is 4.74 Å². The number of benzene rings is 2. The van der Waals surface area contributed by atoms with E-state index in [1.54, 1.807) is 13.4 Å². The highest BCUT2D eigenvalue weighted by Gasteiger charge is 2.30. The van der Waals surface area contributed by atoms with Gasteiger partial charge in [-0.25, -0.2) is 9.97 Å². The molecule has 2 aliphatic heterocycles. The molecular formula is C33H40N8O2. The molecule has 2 N–H and O–H groups in total. The average molecular weight is 581 g/mol. The Morgan fingerprint density at radius 1 is 0.977 bits per heavy atom. The van der Waals surface area contributed by atoms with Crippen molar-refractivity contribution < 1.29 is 9.53 Å². The first kappa shape index (κ1) is 28.7. The third-order valence-electron chi connectivity index (χ3n) is 9.04. The maximum Gasteiger partial charge on any atom is 0.247 e. The molecule has 0 unspecified atom stereocenters. The lowest BCUT2D eigenvalue weighted by Gasteiger charge is -2.40. The van der Waals surface area contributed by atoms with Gasteiger partial charge in [0.15, 0.2) is 0 Å². The van der Waals surface area contributed by atoms with E-state index < -0.39 is 0 Å². The maximum atomic E-state index is 12.5. The minimum atomic E-state index is -0.256. The molecule has 10 nitrogen and oxygen atoms in total. The summed E-state index contributed by atoms with van der Waals surface area (Å²) in [5.74, 6) is 2.59. The molecule has 1 amide bonds. The van der Waals surface area contributed by atoms with Gasteiger partial charge in [0, 0.05) is 43.2 Å². The van der Waals surface area contributed by atoms with Gasteiger partial charge in [0.05, 0.1) is 41.6 Å². The fourth-order valence-corrected chi connectivity index (χ4v) is 6.54. The van der Waals surface area contributed by atoms with Crippen molar-refractivity contribution in [3.8, 4) is 17.0 Å². The number of ether oxygens (including phenoxy) is 1. The van der Waals surface area contributed by atoms with Gasteiger partial charge < -0.3 is 25.2 Å². The molecule has 0 bridgehead atoms. The second-order valence-corrected chi connectivity index (χ2v) is 11.7. The monoisotopic (exact) mass is 580 g/mol. The van der Waals surface area contributed by atoms with Crippen LogP contribution in [0.5, 0.6) is 5.75 Å². The molecule has 2 fully saturated rings. The third-order valence-corrected chi connectivity index (χ3v) is 9.04. The average Bonchev–Trinajstić information content (AvgIpc) is 3.41. The molecule has 4 heterocycles. The van der Waals surface area contributed by atoms with Gasteiger partial charge in [-0.15, -0.1) is 0 Å². The second kappa shape index (κ2) is 12.4. The molecule has 2 aromatic carbocycles. The Morgan fingerprint density at radius 2 is 1.72 bits per heavy atom. The molecule has 0 aliphatic carbocycles. The van der Waals surface area contributed by atoms with Crippen molar-refractivity contribution in [2.75, 3.05) is 55.9 Å². The lowest BCUT2D eigenvalue weighted by atomic mass is 9.79. The number of nitrogens with one attached hydrogen (secondary N) is 2. The van der Waals surface area contributed by atoms with Gasteiger partial charge in [0.2, 0.25) is 5.91 Å². The number of amides is 1. The summed E-state index contributed by atoms with van der Waals surface area (Å²) in [6.07, 6.45) is 9.57. The first-order valence-corrected chi connectivity index (χ1v) is 15.0. The molecule has 2 saturated heterocycles. The van der Waals surface area contributed by atoms with Crippen LogP contribution in [-0.4, -0.2) is 70.9 Å². The van der Waals surface area contributed by atoms with Crippen LogP contribution in [0, 0.1) is 11.8 Å². The van der Waals surface area contributed by atoms with Gasteiger partial charge in [-0.2, -0.15) is 5.10 Å². The number of nitrogens with zero attached hydrogens (tertiary/aromatic N) is 6. The molecule has 0 saturated carbocycles. The Hall–Kier alpha value is -4.44. The highest BCUT2D eigenvalue weighted by molar-refractivity contribution is 6.02. The standard InChI is InChI=1S/C33H40N8O2/c1-5-33(42)38-27-17-28(37-32-18-26(34-21-35-32)24-6-7-29-25(16-24)20-36-40(29)3)31(43-4)19-30(27)41-14-10-23(11-15-41)22-8-12-39(2)13-9-22/h5-7,16-23H,1,8-15H2,2-4H3,(H,38,42)(H,34,35,37). The van der Waals surface area contributed by atoms with Crippen molar-refractivity contribution in [3.05, 3.63) is 61.6 Å². The molecule has 0 atom stereocenters. The predicted molar refractivity (Wildman–Crippen MR) is 172 cm³/mol. The van der Waals surface area contributed by atoms with E-state index in [1.807, 2.05) is 48.3 Å². The number of rotatable bonds is 8. The minimum absolute atomic E-state index is 0.256. The summed E-state index contributed by atoms with van der Waals surface area (Å²) in [4.78, 5) is 26.3. The maximum absolute atomic E-state index is 12.5. The van der Waals surface area contributed by atoms with Gasteiger partial charge >= 0.3 is 0 Å². The van der Waals surface area contributed by atoms with Crippen molar-refractivity contribution in [1.82, 2.24) is 24.6 Å². The van der Waals surface area contributed by atoms with Gasteiger partial charge in [-0.3, -0.25) is 9.48 Å². The van der Waals surface area contributed by atoms with Crippen LogP contribution in [0.3, 0.4) is 0 Å². The number of piperidine rings is 2. The quantitative estimate of drug-likeness (QED) is 0.265. The van der Waals surface area contributed by atoms with Crippen molar-refractivity contribution >= 4 is 39.7 Å². The van der Waals surface area contributed by atoms with Crippen LogP contribution in [0.1, 0.15) is 25.7 Å². The molecule has 0 radical (unpaired) electrons. The topological polar surface area (TPSA) is 100 Å². The fourth-order valence-electron chi connectivity index (χ4n) is 6.54. The lowest BCUT2D eigenvalue weighted by Crippen LogP contribution is -2.40. The van der Waals surface area contributed by atoms with Gasteiger partial charge in [0.25, 0.3) is 0 Å². The summed E-state index contributed by atoms with van der Waals surface area (Å²) in [7, 11) is 5.81. The van der Waals surface area contributed by atoms with Crippen LogP contribution in [0.4, 0.5) is 22.9 Å². The summed E-state index contributed by atoms with van der Waals surface area (Å²) in [6, 6.07) is 12.0. The van der Waals surface area contributed by atoms with E-state index in [2.05, 4.69) is 55.2 Å². The zero-order chi connectivity index (χ0) is 29.9. The number of fused-ring (bicyclic) bond motifs is 1. The smallest absolute Gasteiger partial charge is 0.247 e. The first-order chi connectivity index (χ1) is 20.9. The molecular weight excluding hydrogens is 540 g/mol. The number of carbonyl (C=O) groups is 1. The highest BCUT2D eigenvalue weighted by Crippen LogP contribution is 2.41. The van der Waals surface area contributed by atoms with Gasteiger partial charge in [-0.05, 0) is 81.9 Å². The summed E-state index contributed by atoms with van der Waals surface area (Å²) >= 11 is 0. The predicted octanol–water partition coefficient (Wildman–Crippen LogP) is 5.47. The minimum Gasteiger partial charge on any atom is -0.494 e. The van der Waals surface area contributed by atoms with Crippen LogP contribution in [0.25, 0.3) is 22.2 Å². The molecule has 2 aromatic heterocycles. The number of aryl methyl sites for hydroxylation is 1. The lowest BCUT2D eigenvalue weighted by molar-refractivity contribution is -0.111. The van der Waals surface area contributed by atoms with Crippen molar-refractivity contribution in [2.45, 2.75) is 25.7 Å². The van der Waals surface area contributed by atoms with Crippen LogP contribution in [-0.2, 0) is 11.8 Å². The van der Waals surface area contributed by atoms with E-state index in [0.29, 0.717) is 22.9 Å². The summed E-state index contributed by atoms with van der Waals surface area (Å²) in [5.41, 5.74) is 5.16. The Morgan fingerprint density at radius 3 is 2.44 bits per heavy atom. The van der Waals surface area contributed by atoms with Crippen LogP contribution in [0.15, 0.2) is 61.6 Å². The number of hydrogen-bond donors (Lipinski definition) is 2. The van der Waals surface area contributed by atoms with E-state index in [-0.39, 0.29) is 5.91 Å². The summed E-state index contributed by atoms with van der Waals surface area (Å²) in [5, 5.41) is 11.8. The number of aromatic nitrogens is 4. The van der Waals surface area contributed by atoms with Crippen LogP contribution in [0.2, 0.25) is 0 Å². The van der Waals surface area contributed by atoms with E-state index in [1.165, 1.54) is 32.0 Å². The number of hydrogen-bond acceptors (Lipinski definition) is 8. The second-order valence-electron chi connectivity index (χ2n) is 11.7. The molecule has 224 valence electrons. The van der Waals surface area contributed by atoms with Crippen LogP contribution >= 0.6 is 0 Å². The Bertz CT molecular complexity index is 1620. The zero-order valence-corrected chi connectivity index (χ0v) is 25.2. The van der Waals surface area contributed by atoms with Crippen molar-refractivity contribution in [3.63, 3.8) is 0 Å². The molecule has 43 heavy (non-hydrogen) atoms.